The van der Waals surface area contributed by atoms with E-state index in [4.69, 9.17) is 4.74 Å². The number of benzene rings is 1. The molecule has 6 nitrogen and oxygen atoms in total. The van der Waals surface area contributed by atoms with E-state index in [0.29, 0.717) is 19.5 Å². The van der Waals surface area contributed by atoms with Gasteiger partial charge in [-0.15, -0.1) is 0 Å². The fourth-order valence-electron chi connectivity index (χ4n) is 3.05. The van der Waals surface area contributed by atoms with Crippen molar-refractivity contribution in [3.63, 3.8) is 0 Å². The fourth-order valence-corrected chi connectivity index (χ4v) is 3.43. The lowest BCUT2D eigenvalue weighted by Gasteiger charge is -2.28. The summed E-state index contributed by atoms with van der Waals surface area (Å²) in [6.45, 7) is 5.35. The topological polar surface area (TPSA) is 61.9 Å². The Balaban J connectivity index is 1.50. The Bertz CT molecular complexity index is 604. The van der Waals surface area contributed by atoms with Crippen LogP contribution in [0.15, 0.2) is 28.7 Å². The van der Waals surface area contributed by atoms with Crippen molar-refractivity contribution in [1.82, 2.24) is 9.80 Å². The maximum Gasteiger partial charge on any atom is 0.229 e. The zero-order valence-electron chi connectivity index (χ0n) is 13.5. The molecule has 24 heavy (non-hydrogen) atoms. The third-order valence-electron chi connectivity index (χ3n) is 4.51. The van der Waals surface area contributed by atoms with Gasteiger partial charge in [-0.3, -0.25) is 14.5 Å². The van der Waals surface area contributed by atoms with Crippen molar-refractivity contribution in [2.24, 2.45) is 5.92 Å². The summed E-state index contributed by atoms with van der Waals surface area (Å²) in [5.74, 6) is -0.311. The van der Waals surface area contributed by atoms with Gasteiger partial charge in [0.15, 0.2) is 0 Å². The van der Waals surface area contributed by atoms with E-state index in [9.17, 15) is 9.59 Å². The summed E-state index contributed by atoms with van der Waals surface area (Å²) in [4.78, 5) is 28.7. The number of nitrogens with zero attached hydrogens (tertiary/aromatic N) is 2. The first kappa shape index (κ1) is 17.4. The molecule has 2 fully saturated rings. The average molecular weight is 396 g/mol. The molecule has 2 heterocycles. The summed E-state index contributed by atoms with van der Waals surface area (Å²) < 4.78 is 6.17. The number of hydrogen-bond donors (Lipinski definition) is 1. The number of nitrogens with one attached hydrogen (secondary N) is 1. The summed E-state index contributed by atoms with van der Waals surface area (Å²) in [5, 5.41) is 2.91. The monoisotopic (exact) mass is 395 g/mol. The molecule has 130 valence electrons. The van der Waals surface area contributed by atoms with E-state index in [1.165, 1.54) is 0 Å². The van der Waals surface area contributed by atoms with E-state index in [0.717, 1.165) is 43.0 Å². The molecule has 0 bridgehead atoms. The van der Waals surface area contributed by atoms with Crippen molar-refractivity contribution in [2.45, 2.75) is 6.42 Å². The molecule has 1 aromatic carbocycles. The number of carbonyl (C=O) groups is 2. The molecule has 0 radical (unpaired) electrons. The van der Waals surface area contributed by atoms with Gasteiger partial charge in [-0.05, 0) is 28.1 Å². The van der Waals surface area contributed by atoms with Gasteiger partial charge >= 0.3 is 0 Å². The van der Waals surface area contributed by atoms with Gasteiger partial charge in [0.1, 0.15) is 0 Å². The van der Waals surface area contributed by atoms with Crippen LogP contribution in [-0.4, -0.2) is 67.6 Å². The Labute approximate surface area is 150 Å². The van der Waals surface area contributed by atoms with Gasteiger partial charge in [0.25, 0.3) is 0 Å². The van der Waals surface area contributed by atoms with E-state index in [2.05, 4.69) is 26.1 Å². The minimum atomic E-state index is -0.283. The third kappa shape index (κ3) is 4.34. The quantitative estimate of drug-likeness (QED) is 0.821. The third-order valence-corrected chi connectivity index (χ3v) is 5.20. The summed E-state index contributed by atoms with van der Waals surface area (Å²) >= 11 is 3.42. The number of ether oxygens (including phenoxy) is 1. The zero-order chi connectivity index (χ0) is 16.9. The predicted molar refractivity (Wildman–Crippen MR) is 94.7 cm³/mol. The molecule has 3 rings (SSSR count). The van der Waals surface area contributed by atoms with Gasteiger partial charge in [0.05, 0.1) is 24.8 Å². The normalized spacial score (nSPS) is 22.0. The first-order chi connectivity index (χ1) is 11.6. The van der Waals surface area contributed by atoms with E-state index in [-0.39, 0.29) is 17.7 Å². The van der Waals surface area contributed by atoms with Crippen LogP contribution in [0, 0.1) is 5.92 Å². The summed E-state index contributed by atoms with van der Waals surface area (Å²) in [6, 6.07) is 7.49. The Morgan fingerprint density at radius 2 is 2.00 bits per heavy atom. The molecule has 7 heteroatoms. The number of hydrogen-bond acceptors (Lipinski definition) is 4. The molecule has 1 atom stereocenters. The molecule has 2 amide bonds. The smallest absolute Gasteiger partial charge is 0.229 e. The minimum absolute atomic E-state index is 0.0653. The molecule has 1 unspecified atom stereocenters. The lowest BCUT2D eigenvalue weighted by molar-refractivity contribution is -0.128. The molecule has 1 aromatic rings. The van der Waals surface area contributed by atoms with Crippen LogP contribution in [0.1, 0.15) is 6.42 Å². The number of amides is 2. The second kappa shape index (κ2) is 8.09. The van der Waals surface area contributed by atoms with Crippen molar-refractivity contribution < 1.29 is 14.3 Å². The molecule has 2 aliphatic heterocycles. The Morgan fingerprint density at radius 1 is 1.25 bits per heavy atom. The first-order valence-electron chi connectivity index (χ1n) is 8.27. The standard InChI is InChI=1S/C17H22BrN3O3/c18-14-3-1-2-4-15(14)19-17(23)13-11-16(22)21(12-13)6-5-20-7-9-24-10-8-20/h1-4,13H,5-12H2,(H,19,23). The van der Waals surface area contributed by atoms with Gasteiger partial charge in [-0.25, -0.2) is 0 Å². The summed E-state index contributed by atoms with van der Waals surface area (Å²) in [6.07, 6.45) is 0.291. The highest BCUT2D eigenvalue weighted by molar-refractivity contribution is 9.10. The summed E-state index contributed by atoms with van der Waals surface area (Å²) in [5.41, 5.74) is 0.738. The lowest BCUT2D eigenvalue weighted by Crippen LogP contribution is -2.42. The lowest BCUT2D eigenvalue weighted by atomic mass is 10.1. The number of likely N-dealkylation sites (tertiary alicyclic amines) is 1. The SMILES string of the molecule is O=C(Nc1ccccc1Br)C1CC(=O)N(CCN2CCOCC2)C1. The molecule has 2 saturated heterocycles. The predicted octanol–water partition coefficient (Wildman–Crippen LogP) is 1.57. The second-order valence-corrected chi connectivity index (χ2v) is 7.02. The van der Waals surface area contributed by atoms with Crippen LogP contribution in [0.5, 0.6) is 0 Å². The van der Waals surface area contributed by atoms with Crippen LogP contribution >= 0.6 is 15.9 Å². The van der Waals surface area contributed by atoms with Crippen LogP contribution < -0.4 is 5.32 Å². The Morgan fingerprint density at radius 3 is 2.75 bits per heavy atom. The molecule has 2 aliphatic rings. The Kier molecular flexibility index (Phi) is 5.86. The van der Waals surface area contributed by atoms with Crippen LogP contribution in [0.3, 0.4) is 0 Å². The number of rotatable bonds is 5. The number of anilines is 1. The van der Waals surface area contributed by atoms with Crippen molar-refractivity contribution in [3.05, 3.63) is 28.7 Å². The van der Waals surface area contributed by atoms with Gasteiger partial charge in [0, 0.05) is 43.6 Å². The maximum atomic E-state index is 12.4. The maximum absolute atomic E-state index is 12.4. The Hall–Kier alpha value is -1.44. The van der Waals surface area contributed by atoms with Crippen molar-refractivity contribution in [1.29, 1.82) is 0 Å². The van der Waals surface area contributed by atoms with E-state index < -0.39 is 0 Å². The highest BCUT2D eigenvalue weighted by Gasteiger charge is 2.34. The molecule has 0 saturated carbocycles. The zero-order valence-corrected chi connectivity index (χ0v) is 15.1. The average Bonchev–Trinajstić information content (AvgIpc) is 2.97. The van der Waals surface area contributed by atoms with Gasteiger partial charge in [-0.2, -0.15) is 0 Å². The summed E-state index contributed by atoms with van der Waals surface area (Å²) in [7, 11) is 0. The van der Waals surface area contributed by atoms with Crippen LogP contribution in [0.25, 0.3) is 0 Å². The van der Waals surface area contributed by atoms with Crippen LogP contribution in [-0.2, 0) is 14.3 Å². The highest BCUT2D eigenvalue weighted by atomic mass is 79.9. The number of para-hydroxylation sites is 1. The van der Waals surface area contributed by atoms with Crippen molar-refractivity contribution in [2.75, 3.05) is 51.3 Å². The first-order valence-corrected chi connectivity index (χ1v) is 9.06. The van der Waals surface area contributed by atoms with Gasteiger partial charge in [0.2, 0.25) is 11.8 Å². The van der Waals surface area contributed by atoms with E-state index in [1.807, 2.05) is 24.3 Å². The van der Waals surface area contributed by atoms with Crippen molar-refractivity contribution in [3.8, 4) is 0 Å². The second-order valence-electron chi connectivity index (χ2n) is 6.16. The minimum Gasteiger partial charge on any atom is -0.379 e. The van der Waals surface area contributed by atoms with E-state index in [1.54, 1.807) is 4.90 Å². The number of halogens is 1. The van der Waals surface area contributed by atoms with Crippen LogP contribution in [0.4, 0.5) is 5.69 Å². The number of carbonyl (C=O) groups excluding carboxylic acids is 2. The van der Waals surface area contributed by atoms with Crippen molar-refractivity contribution >= 4 is 33.4 Å². The number of morpholine rings is 1. The highest BCUT2D eigenvalue weighted by Crippen LogP contribution is 2.24. The molecular formula is C17H22BrN3O3. The van der Waals surface area contributed by atoms with E-state index >= 15 is 0 Å². The molecule has 0 aliphatic carbocycles. The molecule has 0 spiro atoms. The largest absolute Gasteiger partial charge is 0.379 e. The van der Waals surface area contributed by atoms with Gasteiger partial charge in [-0.1, -0.05) is 12.1 Å². The van der Waals surface area contributed by atoms with Gasteiger partial charge < -0.3 is 15.0 Å². The molecule has 0 aromatic heterocycles. The molecular weight excluding hydrogens is 374 g/mol. The van der Waals surface area contributed by atoms with Crippen LogP contribution in [0.2, 0.25) is 0 Å². The fraction of sp³-hybridized carbons (Fsp3) is 0.529. The molecule has 1 N–H and O–H groups in total.